The number of allylic oxidation sites excluding steroid dienone is 1. The van der Waals surface area contributed by atoms with Crippen LogP contribution in [0.25, 0.3) is 0 Å². The van der Waals surface area contributed by atoms with Gasteiger partial charge in [0.1, 0.15) is 0 Å². The predicted octanol–water partition coefficient (Wildman–Crippen LogP) is 3.11. The van der Waals surface area contributed by atoms with Gasteiger partial charge in [0.05, 0.1) is 13.2 Å². The fraction of sp³-hybridized carbons (Fsp3) is 0.789. The van der Waals surface area contributed by atoms with Crippen molar-refractivity contribution in [3.63, 3.8) is 0 Å². The Morgan fingerprint density at radius 2 is 1.96 bits per heavy atom. The molecular formula is C19H31N3O2. The molecule has 0 bridgehead atoms. The molecule has 5 heteroatoms. The van der Waals surface area contributed by atoms with Crippen LogP contribution in [-0.4, -0.2) is 47.9 Å². The molecule has 0 N–H and O–H groups in total. The van der Waals surface area contributed by atoms with E-state index in [-0.39, 0.29) is 0 Å². The minimum atomic E-state index is 0.526. The lowest BCUT2D eigenvalue weighted by Crippen LogP contribution is -2.42. The molecular weight excluding hydrogens is 302 g/mol. The van der Waals surface area contributed by atoms with Gasteiger partial charge in [0, 0.05) is 33.0 Å². The molecule has 2 aliphatic rings. The van der Waals surface area contributed by atoms with Gasteiger partial charge in [-0.2, -0.15) is 0 Å². The Hall–Kier alpha value is -1.20. The summed E-state index contributed by atoms with van der Waals surface area (Å²) < 4.78 is 11.1. The third-order valence-electron chi connectivity index (χ3n) is 5.65. The van der Waals surface area contributed by atoms with Crippen LogP contribution in [0.2, 0.25) is 0 Å². The molecule has 2 heterocycles. The summed E-state index contributed by atoms with van der Waals surface area (Å²) in [7, 11) is 0. The largest absolute Gasteiger partial charge is 0.426 e. The van der Waals surface area contributed by atoms with Crippen molar-refractivity contribution in [2.24, 2.45) is 23.7 Å². The highest BCUT2D eigenvalue weighted by Crippen LogP contribution is 2.39. The average molecular weight is 333 g/mol. The molecule has 3 atom stereocenters. The zero-order valence-corrected chi connectivity index (χ0v) is 15.5. The molecule has 0 radical (unpaired) electrons. The highest BCUT2D eigenvalue weighted by Gasteiger charge is 2.33. The molecule has 0 spiro atoms. The molecule has 0 saturated carbocycles. The summed E-state index contributed by atoms with van der Waals surface area (Å²) >= 11 is 0. The lowest BCUT2D eigenvalue weighted by molar-refractivity contribution is 0.0256. The standard InChI is InChI=1S/C19H31N3O2/c1-13(2)18-10-16(11-19-21-20-15(4)24-19)14(3)9-17(18)12-22-5-7-23-8-6-22/h9,13,16-18H,5-8,10-12H2,1-4H3. The minimum absolute atomic E-state index is 0.526. The van der Waals surface area contributed by atoms with Gasteiger partial charge in [-0.1, -0.05) is 25.5 Å². The summed E-state index contributed by atoms with van der Waals surface area (Å²) in [5, 5.41) is 8.16. The molecule has 1 aliphatic carbocycles. The van der Waals surface area contributed by atoms with Crippen LogP contribution in [0.3, 0.4) is 0 Å². The van der Waals surface area contributed by atoms with Crippen LogP contribution < -0.4 is 0 Å². The molecule has 1 aromatic heterocycles. The Bertz CT molecular complexity index is 561. The lowest BCUT2D eigenvalue weighted by Gasteiger charge is -2.40. The molecule has 5 nitrogen and oxygen atoms in total. The van der Waals surface area contributed by atoms with Crippen molar-refractivity contribution in [1.29, 1.82) is 0 Å². The minimum Gasteiger partial charge on any atom is -0.426 e. The van der Waals surface area contributed by atoms with Crippen molar-refractivity contribution in [1.82, 2.24) is 15.1 Å². The van der Waals surface area contributed by atoms with Gasteiger partial charge in [0.25, 0.3) is 0 Å². The third kappa shape index (κ3) is 4.25. The Kier molecular flexibility index (Phi) is 5.72. The van der Waals surface area contributed by atoms with E-state index in [9.17, 15) is 0 Å². The van der Waals surface area contributed by atoms with E-state index < -0.39 is 0 Å². The van der Waals surface area contributed by atoms with Crippen LogP contribution in [0.5, 0.6) is 0 Å². The quantitative estimate of drug-likeness (QED) is 0.775. The number of hydrogen-bond donors (Lipinski definition) is 0. The van der Waals surface area contributed by atoms with E-state index in [1.807, 2.05) is 6.92 Å². The fourth-order valence-corrected chi connectivity index (χ4v) is 4.20. The predicted molar refractivity (Wildman–Crippen MR) is 93.7 cm³/mol. The molecule has 1 saturated heterocycles. The molecule has 0 amide bonds. The maximum Gasteiger partial charge on any atom is 0.217 e. The average Bonchev–Trinajstić information content (AvgIpc) is 2.95. The second kappa shape index (κ2) is 7.79. The smallest absolute Gasteiger partial charge is 0.217 e. The molecule has 3 unspecified atom stereocenters. The molecule has 134 valence electrons. The van der Waals surface area contributed by atoms with Crippen LogP contribution in [0.4, 0.5) is 0 Å². The highest BCUT2D eigenvalue weighted by molar-refractivity contribution is 5.14. The number of hydrogen-bond acceptors (Lipinski definition) is 5. The van der Waals surface area contributed by atoms with Crippen molar-refractivity contribution in [3.8, 4) is 0 Å². The number of rotatable bonds is 5. The van der Waals surface area contributed by atoms with Crippen molar-refractivity contribution >= 4 is 0 Å². The Morgan fingerprint density at radius 1 is 1.21 bits per heavy atom. The molecule has 0 aromatic carbocycles. The van der Waals surface area contributed by atoms with E-state index in [0.717, 1.165) is 45.2 Å². The van der Waals surface area contributed by atoms with Gasteiger partial charge in [0.15, 0.2) is 0 Å². The highest BCUT2D eigenvalue weighted by atomic mass is 16.5. The first-order valence-corrected chi connectivity index (χ1v) is 9.30. The SMILES string of the molecule is CC1=CC(CN2CCOCC2)C(C(C)C)CC1Cc1nnc(C)o1. The summed E-state index contributed by atoms with van der Waals surface area (Å²) in [6.45, 7) is 13.9. The zero-order valence-electron chi connectivity index (χ0n) is 15.5. The van der Waals surface area contributed by atoms with E-state index in [0.29, 0.717) is 29.6 Å². The van der Waals surface area contributed by atoms with Crippen molar-refractivity contribution in [2.45, 2.75) is 40.5 Å². The topological polar surface area (TPSA) is 51.4 Å². The zero-order chi connectivity index (χ0) is 17.1. The van der Waals surface area contributed by atoms with Crippen LogP contribution in [0, 0.1) is 30.6 Å². The van der Waals surface area contributed by atoms with E-state index >= 15 is 0 Å². The number of ether oxygens (including phenoxy) is 1. The Balaban J connectivity index is 1.70. The summed E-state index contributed by atoms with van der Waals surface area (Å²) in [4.78, 5) is 2.56. The van der Waals surface area contributed by atoms with Gasteiger partial charge < -0.3 is 9.15 Å². The maximum absolute atomic E-state index is 5.61. The number of nitrogens with zero attached hydrogens (tertiary/aromatic N) is 3. The first-order valence-electron chi connectivity index (χ1n) is 9.30. The maximum atomic E-state index is 5.61. The van der Waals surface area contributed by atoms with Gasteiger partial charge >= 0.3 is 0 Å². The fourth-order valence-electron chi connectivity index (χ4n) is 4.20. The first-order chi connectivity index (χ1) is 11.5. The van der Waals surface area contributed by atoms with Crippen LogP contribution in [0.15, 0.2) is 16.1 Å². The van der Waals surface area contributed by atoms with Gasteiger partial charge in [-0.3, -0.25) is 4.90 Å². The second-order valence-electron chi connectivity index (χ2n) is 7.75. The van der Waals surface area contributed by atoms with E-state index in [2.05, 4.69) is 41.9 Å². The van der Waals surface area contributed by atoms with E-state index in [4.69, 9.17) is 9.15 Å². The van der Waals surface area contributed by atoms with Crippen LogP contribution >= 0.6 is 0 Å². The van der Waals surface area contributed by atoms with Gasteiger partial charge in [-0.15, -0.1) is 10.2 Å². The number of morpholine rings is 1. The molecule has 3 rings (SSSR count). The van der Waals surface area contributed by atoms with E-state index in [1.54, 1.807) is 0 Å². The molecule has 1 aliphatic heterocycles. The van der Waals surface area contributed by atoms with Crippen molar-refractivity contribution in [2.75, 3.05) is 32.8 Å². The summed E-state index contributed by atoms with van der Waals surface area (Å²) in [5.41, 5.74) is 1.49. The third-order valence-corrected chi connectivity index (χ3v) is 5.65. The number of aromatic nitrogens is 2. The Labute approximate surface area is 145 Å². The second-order valence-corrected chi connectivity index (χ2v) is 7.75. The van der Waals surface area contributed by atoms with Crippen molar-refractivity contribution in [3.05, 3.63) is 23.4 Å². The van der Waals surface area contributed by atoms with Gasteiger partial charge in [-0.25, -0.2) is 0 Å². The summed E-state index contributed by atoms with van der Waals surface area (Å²) in [6, 6.07) is 0. The lowest BCUT2D eigenvalue weighted by atomic mass is 9.69. The van der Waals surface area contributed by atoms with Crippen LogP contribution in [-0.2, 0) is 11.2 Å². The summed E-state index contributed by atoms with van der Waals surface area (Å²) in [5.74, 6) is 4.01. The normalized spacial score (nSPS) is 29.0. The Morgan fingerprint density at radius 3 is 2.58 bits per heavy atom. The number of aryl methyl sites for hydroxylation is 1. The van der Waals surface area contributed by atoms with Gasteiger partial charge in [0.2, 0.25) is 11.8 Å². The summed E-state index contributed by atoms with van der Waals surface area (Å²) in [6.07, 6.45) is 4.62. The molecule has 1 aromatic rings. The first kappa shape index (κ1) is 17.6. The van der Waals surface area contributed by atoms with Crippen LogP contribution in [0.1, 0.15) is 39.0 Å². The monoisotopic (exact) mass is 333 g/mol. The van der Waals surface area contributed by atoms with E-state index in [1.165, 1.54) is 12.0 Å². The van der Waals surface area contributed by atoms with Gasteiger partial charge in [-0.05, 0) is 37.0 Å². The molecule has 1 fully saturated rings. The van der Waals surface area contributed by atoms with Crippen molar-refractivity contribution < 1.29 is 9.15 Å². The molecule has 24 heavy (non-hydrogen) atoms.